The molecule has 4 rings (SSSR count). The third kappa shape index (κ3) is 3.72. The molecule has 1 aliphatic heterocycles. The minimum Gasteiger partial charge on any atom is -0.448 e. The largest absolute Gasteiger partial charge is 0.448 e. The van der Waals surface area contributed by atoms with E-state index in [1.54, 1.807) is 0 Å². The lowest BCUT2D eigenvalue weighted by Crippen LogP contribution is -2.39. The Morgan fingerprint density at radius 2 is 1.63 bits per heavy atom. The van der Waals surface area contributed by atoms with E-state index in [1.165, 1.54) is 22.3 Å². The number of rotatable bonds is 4. The second-order valence-corrected chi connectivity index (χ2v) is 7.82. The van der Waals surface area contributed by atoms with Crippen LogP contribution in [0.15, 0.2) is 48.5 Å². The molecule has 0 saturated carbocycles. The summed E-state index contributed by atoms with van der Waals surface area (Å²) in [4.78, 5) is 14.4. The van der Waals surface area contributed by atoms with Gasteiger partial charge in [0, 0.05) is 19.0 Å². The van der Waals surface area contributed by atoms with E-state index < -0.39 is 0 Å². The molecule has 1 atom stereocenters. The van der Waals surface area contributed by atoms with Crippen LogP contribution in [0.3, 0.4) is 0 Å². The number of nitrogens with zero attached hydrogens (tertiary/aromatic N) is 1. The summed E-state index contributed by atoms with van der Waals surface area (Å²) in [6, 6.07) is 16.8. The van der Waals surface area contributed by atoms with Gasteiger partial charge in [0.1, 0.15) is 6.61 Å². The van der Waals surface area contributed by atoms with Crippen molar-refractivity contribution in [2.45, 2.75) is 38.2 Å². The van der Waals surface area contributed by atoms with Crippen molar-refractivity contribution in [2.24, 2.45) is 5.92 Å². The van der Waals surface area contributed by atoms with Crippen LogP contribution < -0.4 is 0 Å². The molecule has 0 aromatic heterocycles. The molecule has 1 amide bonds. The number of carbonyl (C=O) groups is 1. The number of piperidine rings is 1. The van der Waals surface area contributed by atoms with Crippen LogP contribution in [0.1, 0.15) is 43.2 Å². The molecule has 1 aliphatic carbocycles. The summed E-state index contributed by atoms with van der Waals surface area (Å²) in [5.41, 5.74) is 4.96. The maximum Gasteiger partial charge on any atom is 0.409 e. The van der Waals surface area contributed by atoms with Crippen LogP contribution in [0, 0.1) is 5.92 Å². The molecule has 4 heteroatoms. The zero-order valence-electron chi connectivity index (χ0n) is 15.8. The molecule has 0 spiro atoms. The first-order chi connectivity index (χ1) is 13.1. The topological polar surface area (TPSA) is 49.8 Å². The summed E-state index contributed by atoms with van der Waals surface area (Å²) in [6.45, 7) is 3.64. The Balaban J connectivity index is 1.39. The number of fused-ring (bicyclic) bond motifs is 3. The number of hydrogen-bond acceptors (Lipinski definition) is 3. The number of aliphatic hydroxyl groups excluding tert-OH is 1. The zero-order chi connectivity index (χ0) is 18.8. The predicted octanol–water partition coefficient (Wildman–Crippen LogP) is 4.42. The van der Waals surface area contributed by atoms with Gasteiger partial charge in [-0.15, -0.1) is 0 Å². The lowest BCUT2D eigenvalue weighted by molar-refractivity contribution is 0.0770. The molecule has 2 aromatic rings. The first-order valence-corrected chi connectivity index (χ1v) is 9.91. The van der Waals surface area contributed by atoms with Crippen LogP contribution in [0.25, 0.3) is 11.1 Å². The number of amides is 1. The standard InChI is InChI=1S/C23H27NO3/c1-16(25)14-17-10-12-24(13-11-17)23(26)27-15-22-20-8-4-2-6-18(20)19-7-3-5-9-21(19)22/h2-9,16-17,22,25H,10-15H2,1H3. The number of hydrogen-bond donors (Lipinski definition) is 1. The van der Waals surface area contributed by atoms with Gasteiger partial charge in [0.15, 0.2) is 0 Å². The first-order valence-electron chi connectivity index (χ1n) is 9.91. The minimum absolute atomic E-state index is 0.106. The van der Waals surface area contributed by atoms with Crippen molar-refractivity contribution >= 4 is 6.09 Å². The van der Waals surface area contributed by atoms with Gasteiger partial charge in [0.2, 0.25) is 0 Å². The van der Waals surface area contributed by atoms with Gasteiger partial charge in [0.05, 0.1) is 6.10 Å². The lowest BCUT2D eigenvalue weighted by atomic mass is 9.92. The number of benzene rings is 2. The van der Waals surface area contributed by atoms with Gasteiger partial charge in [-0.05, 0) is 54.4 Å². The summed E-state index contributed by atoms with van der Waals surface area (Å²) < 4.78 is 5.73. The molecule has 1 unspecified atom stereocenters. The van der Waals surface area contributed by atoms with E-state index in [9.17, 15) is 9.90 Å². The number of carbonyl (C=O) groups excluding carboxylic acids is 1. The summed E-state index contributed by atoms with van der Waals surface area (Å²) in [7, 11) is 0. The van der Waals surface area contributed by atoms with Gasteiger partial charge in [-0.25, -0.2) is 4.79 Å². The Morgan fingerprint density at radius 1 is 1.07 bits per heavy atom. The molecule has 0 bridgehead atoms. The van der Waals surface area contributed by atoms with Gasteiger partial charge >= 0.3 is 6.09 Å². The van der Waals surface area contributed by atoms with Crippen molar-refractivity contribution in [3.63, 3.8) is 0 Å². The molecule has 4 nitrogen and oxygen atoms in total. The molecule has 1 heterocycles. The van der Waals surface area contributed by atoms with Crippen LogP contribution >= 0.6 is 0 Å². The Kier molecular flexibility index (Phi) is 5.17. The molecule has 27 heavy (non-hydrogen) atoms. The monoisotopic (exact) mass is 365 g/mol. The van der Waals surface area contributed by atoms with Crippen LogP contribution in [0.4, 0.5) is 4.79 Å². The molecule has 1 N–H and O–H groups in total. The maximum atomic E-state index is 12.6. The molecule has 2 aromatic carbocycles. The summed E-state index contributed by atoms with van der Waals surface area (Å²) in [5, 5.41) is 9.54. The highest BCUT2D eigenvalue weighted by Gasteiger charge is 2.30. The lowest BCUT2D eigenvalue weighted by Gasteiger charge is -2.32. The molecule has 1 fully saturated rings. The van der Waals surface area contributed by atoms with E-state index in [4.69, 9.17) is 4.74 Å². The summed E-state index contributed by atoms with van der Waals surface area (Å²) in [5.74, 6) is 0.608. The van der Waals surface area contributed by atoms with Gasteiger partial charge in [-0.2, -0.15) is 0 Å². The van der Waals surface area contributed by atoms with Crippen LogP contribution in [-0.2, 0) is 4.74 Å². The number of likely N-dealkylation sites (tertiary alicyclic amines) is 1. The van der Waals surface area contributed by atoms with Gasteiger partial charge in [-0.1, -0.05) is 48.5 Å². The fourth-order valence-electron chi connectivity index (χ4n) is 4.52. The summed E-state index contributed by atoms with van der Waals surface area (Å²) >= 11 is 0. The van der Waals surface area contributed by atoms with Crippen LogP contribution in [0.2, 0.25) is 0 Å². The molecular formula is C23H27NO3. The highest BCUT2D eigenvalue weighted by atomic mass is 16.6. The molecular weight excluding hydrogens is 338 g/mol. The smallest absolute Gasteiger partial charge is 0.409 e. The average molecular weight is 365 g/mol. The SMILES string of the molecule is CC(O)CC1CCN(C(=O)OCC2c3ccccc3-c3ccccc32)CC1. The van der Waals surface area contributed by atoms with Gasteiger partial charge in [0.25, 0.3) is 0 Å². The number of ether oxygens (including phenoxy) is 1. The first kappa shape index (κ1) is 18.1. The van der Waals surface area contributed by atoms with Crippen molar-refractivity contribution in [3.8, 4) is 11.1 Å². The molecule has 0 radical (unpaired) electrons. The van der Waals surface area contributed by atoms with E-state index >= 15 is 0 Å². The van der Waals surface area contributed by atoms with Crippen molar-refractivity contribution in [2.75, 3.05) is 19.7 Å². The van der Waals surface area contributed by atoms with Crippen LogP contribution in [-0.4, -0.2) is 41.9 Å². The highest BCUT2D eigenvalue weighted by Crippen LogP contribution is 2.44. The third-order valence-electron chi connectivity index (χ3n) is 5.88. The highest BCUT2D eigenvalue weighted by molar-refractivity contribution is 5.79. The van der Waals surface area contributed by atoms with Crippen LogP contribution in [0.5, 0.6) is 0 Å². The van der Waals surface area contributed by atoms with Crippen molar-refractivity contribution in [3.05, 3.63) is 59.7 Å². The third-order valence-corrected chi connectivity index (χ3v) is 5.88. The second kappa shape index (κ2) is 7.73. The van der Waals surface area contributed by atoms with E-state index in [0.717, 1.165) is 19.3 Å². The fraction of sp³-hybridized carbons (Fsp3) is 0.435. The average Bonchev–Trinajstić information content (AvgIpc) is 3.00. The Morgan fingerprint density at radius 3 is 2.19 bits per heavy atom. The van der Waals surface area contributed by atoms with E-state index in [0.29, 0.717) is 25.6 Å². The van der Waals surface area contributed by atoms with Crippen molar-refractivity contribution < 1.29 is 14.6 Å². The quantitative estimate of drug-likeness (QED) is 0.873. The predicted molar refractivity (Wildman–Crippen MR) is 106 cm³/mol. The zero-order valence-corrected chi connectivity index (χ0v) is 15.8. The Bertz CT molecular complexity index is 763. The normalized spacial score (nSPS) is 18.1. The number of aliphatic hydroxyl groups is 1. The van der Waals surface area contributed by atoms with E-state index in [-0.39, 0.29) is 18.1 Å². The van der Waals surface area contributed by atoms with Crippen molar-refractivity contribution in [1.82, 2.24) is 4.90 Å². The second-order valence-electron chi connectivity index (χ2n) is 7.82. The maximum absolute atomic E-state index is 12.6. The minimum atomic E-state index is -0.268. The van der Waals surface area contributed by atoms with Gasteiger partial charge < -0.3 is 14.7 Å². The Labute approximate surface area is 160 Å². The fourth-order valence-corrected chi connectivity index (χ4v) is 4.52. The van der Waals surface area contributed by atoms with E-state index in [1.807, 2.05) is 24.0 Å². The van der Waals surface area contributed by atoms with Gasteiger partial charge in [-0.3, -0.25) is 0 Å². The van der Waals surface area contributed by atoms with Crippen molar-refractivity contribution in [1.29, 1.82) is 0 Å². The molecule has 1 saturated heterocycles. The Hall–Kier alpha value is -2.33. The summed E-state index contributed by atoms with van der Waals surface area (Å²) in [6.07, 6.45) is 2.21. The van der Waals surface area contributed by atoms with E-state index in [2.05, 4.69) is 36.4 Å². The molecule has 142 valence electrons. The molecule has 2 aliphatic rings.